The van der Waals surface area contributed by atoms with E-state index < -0.39 is 5.97 Å². The van der Waals surface area contributed by atoms with E-state index in [4.69, 9.17) is 4.74 Å². The van der Waals surface area contributed by atoms with E-state index in [9.17, 15) is 4.79 Å². The fraction of sp³-hybridized carbons (Fsp3) is 0.500. The van der Waals surface area contributed by atoms with Crippen molar-refractivity contribution in [1.29, 1.82) is 0 Å². The molecule has 0 atom stereocenters. The third kappa shape index (κ3) is 2.39. The van der Waals surface area contributed by atoms with E-state index in [-0.39, 0.29) is 0 Å². The minimum Gasteiger partial charge on any atom is -0.462 e. The van der Waals surface area contributed by atoms with E-state index in [1.807, 2.05) is 12.3 Å². The Balaban J connectivity index is 2.09. The van der Waals surface area contributed by atoms with Gasteiger partial charge in [-0.2, -0.15) is 0 Å². The fourth-order valence-electron chi connectivity index (χ4n) is 2.61. The monoisotopic (exact) mass is 289 g/mol. The summed E-state index contributed by atoms with van der Waals surface area (Å²) in [5.74, 6) is 0.968. The molecule has 2 aromatic rings. The highest BCUT2D eigenvalue weighted by molar-refractivity contribution is 6.01. The van der Waals surface area contributed by atoms with Gasteiger partial charge in [0.25, 0.3) is 0 Å². The average Bonchev–Trinajstić information content (AvgIpc) is 3.13. The highest BCUT2D eigenvalue weighted by atomic mass is 16.5. The molecule has 1 aliphatic rings. The lowest BCUT2D eigenvalue weighted by molar-refractivity contribution is 0.0529. The number of carbonyl (C=O) groups excluding carboxylic acids is 1. The van der Waals surface area contributed by atoms with Crippen LogP contribution in [0.2, 0.25) is 0 Å². The molecule has 0 unspecified atom stereocenters. The van der Waals surface area contributed by atoms with Gasteiger partial charge in [0, 0.05) is 26.3 Å². The number of nitrogens with zero attached hydrogens (tertiary/aromatic N) is 4. The largest absolute Gasteiger partial charge is 0.462 e. The summed E-state index contributed by atoms with van der Waals surface area (Å²) < 4.78 is 6.73. The number of hydrogen-bond acceptors (Lipinski definition) is 6. The Labute approximate surface area is 122 Å². The lowest BCUT2D eigenvalue weighted by atomic mass is 10.3. The molecule has 0 amide bonds. The molecule has 0 aliphatic carbocycles. The molecule has 0 radical (unpaired) electrons. The third-order valence-electron chi connectivity index (χ3n) is 3.62. The van der Waals surface area contributed by atoms with Gasteiger partial charge < -0.3 is 15.0 Å². The van der Waals surface area contributed by atoms with Crippen LogP contribution >= 0.6 is 0 Å². The van der Waals surface area contributed by atoms with E-state index in [0.29, 0.717) is 23.6 Å². The molecule has 2 aromatic heterocycles. The first kappa shape index (κ1) is 13.7. The van der Waals surface area contributed by atoms with Crippen molar-refractivity contribution in [2.75, 3.05) is 37.0 Å². The van der Waals surface area contributed by atoms with Gasteiger partial charge in [-0.3, -0.25) is 0 Å². The summed E-state index contributed by atoms with van der Waals surface area (Å²) in [6.45, 7) is 4.12. The Bertz CT molecular complexity index is 661. The molecule has 0 saturated carbocycles. The van der Waals surface area contributed by atoms with Crippen molar-refractivity contribution in [1.82, 2.24) is 14.6 Å². The number of aromatic nitrogens is 3. The van der Waals surface area contributed by atoms with Crippen LogP contribution in [0.1, 0.15) is 30.1 Å². The molecule has 112 valence electrons. The topological polar surface area (TPSA) is 71.8 Å². The second-order valence-electron chi connectivity index (χ2n) is 4.94. The van der Waals surface area contributed by atoms with Crippen molar-refractivity contribution >= 4 is 23.3 Å². The lowest BCUT2D eigenvalue weighted by Crippen LogP contribution is -2.19. The highest BCUT2D eigenvalue weighted by Crippen LogP contribution is 2.24. The summed E-state index contributed by atoms with van der Waals surface area (Å²) in [7, 11) is 1.73. The maximum Gasteiger partial charge on any atom is 0.345 e. The zero-order valence-electron chi connectivity index (χ0n) is 12.3. The molecule has 3 heterocycles. The molecule has 0 spiro atoms. The summed E-state index contributed by atoms with van der Waals surface area (Å²) in [5.41, 5.74) is 0.919. The number of hydrogen-bond donors (Lipinski definition) is 1. The Kier molecular flexibility index (Phi) is 3.64. The smallest absolute Gasteiger partial charge is 0.345 e. The van der Waals surface area contributed by atoms with Crippen molar-refractivity contribution in [2.45, 2.75) is 19.8 Å². The normalized spacial score (nSPS) is 14.7. The quantitative estimate of drug-likeness (QED) is 0.861. The van der Waals surface area contributed by atoms with Crippen LogP contribution in [-0.2, 0) is 4.74 Å². The second-order valence-corrected chi connectivity index (χ2v) is 4.94. The SMILES string of the molecule is CCOC(=O)c1c(NC)nn2ccc(N3CCCC3)nc12. The van der Waals surface area contributed by atoms with Gasteiger partial charge in [0.05, 0.1) is 6.61 Å². The van der Waals surface area contributed by atoms with E-state index >= 15 is 0 Å². The van der Waals surface area contributed by atoms with Crippen LogP contribution in [0.3, 0.4) is 0 Å². The molecular formula is C14H19N5O2. The molecule has 7 heteroatoms. The van der Waals surface area contributed by atoms with Gasteiger partial charge in [-0.25, -0.2) is 14.3 Å². The maximum atomic E-state index is 12.2. The van der Waals surface area contributed by atoms with Crippen molar-refractivity contribution in [3.8, 4) is 0 Å². The van der Waals surface area contributed by atoms with Gasteiger partial charge in [-0.1, -0.05) is 0 Å². The van der Waals surface area contributed by atoms with Crippen LogP contribution in [0.15, 0.2) is 12.3 Å². The van der Waals surface area contributed by atoms with Crippen LogP contribution in [0.25, 0.3) is 5.65 Å². The predicted molar refractivity (Wildman–Crippen MR) is 79.9 cm³/mol. The minimum atomic E-state index is -0.400. The molecular weight excluding hydrogens is 270 g/mol. The van der Waals surface area contributed by atoms with E-state index in [1.165, 1.54) is 12.8 Å². The van der Waals surface area contributed by atoms with Crippen LogP contribution in [0, 0.1) is 0 Å². The Morgan fingerprint density at radius 3 is 2.86 bits per heavy atom. The number of ether oxygens (including phenoxy) is 1. The van der Waals surface area contributed by atoms with Crippen LogP contribution in [-0.4, -0.2) is 47.3 Å². The van der Waals surface area contributed by atoms with Crippen LogP contribution < -0.4 is 10.2 Å². The lowest BCUT2D eigenvalue weighted by Gasteiger charge is -2.15. The third-order valence-corrected chi connectivity index (χ3v) is 3.62. The first-order valence-electron chi connectivity index (χ1n) is 7.23. The molecule has 0 aromatic carbocycles. The van der Waals surface area contributed by atoms with Gasteiger partial charge in [0.15, 0.2) is 11.5 Å². The number of nitrogens with one attached hydrogen (secondary N) is 1. The molecule has 21 heavy (non-hydrogen) atoms. The Morgan fingerprint density at radius 1 is 1.43 bits per heavy atom. The van der Waals surface area contributed by atoms with Gasteiger partial charge in [0.1, 0.15) is 11.4 Å². The standard InChI is InChI=1S/C14H19N5O2/c1-3-21-14(20)11-12(15-2)17-19-9-6-10(16-13(11)19)18-7-4-5-8-18/h6,9H,3-5,7-8H2,1-2H3,(H,15,17). The summed E-state index contributed by atoms with van der Waals surface area (Å²) >= 11 is 0. The zero-order valence-corrected chi connectivity index (χ0v) is 12.3. The van der Waals surface area contributed by atoms with Gasteiger partial charge in [-0.05, 0) is 25.8 Å². The Morgan fingerprint density at radius 2 is 2.19 bits per heavy atom. The summed E-state index contributed by atoms with van der Waals surface area (Å²) in [4.78, 5) is 19.0. The van der Waals surface area contributed by atoms with Gasteiger partial charge in [-0.15, -0.1) is 5.10 Å². The van der Waals surface area contributed by atoms with E-state index in [2.05, 4.69) is 20.3 Å². The molecule has 1 aliphatic heterocycles. The zero-order chi connectivity index (χ0) is 14.8. The van der Waals surface area contributed by atoms with Crippen molar-refractivity contribution in [3.63, 3.8) is 0 Å². The molecule has 7 nitrogen and oxygen atoms in total. The summed E-state index contributed by atoms with van der Waals surface area (Å²) in [5, 5.41) is 7.25. The summed E-state index contributed by atoms with van der Waals surface area (Å²) in [6, 6.07) is 1.93. The fourth-order valence-corrected chi connectivity index (χ4v) is 2.61. The van der Waals surface area contributed by atoms with Gasteiger partial charge in [0.2, 0.25) is 0 Å². The molecule has 1 saturated heterocycles. The second kappa shape index (κ2) is 5.59. The van der Waals surface area contributed by atoms with E-state index in [0.717, 1.165) is 18.9 Å². The molecule has 1 fully saturated rings. The number of anilines is 2. The van der Waals surface area contributed by atoms with Crippen molar-refractivity contribution in [3.05, 3.63) is 17.8 Å². The molecule has 1 N–H and O–H groups in total. The number of rotatable bonds is 4. The predicted octanol–water partition coefficient (Wildman–Crippen LogP) is 1.55. The van der Waals surface area contributed by atoms with Crippen molar-refractivity contribution in [2.24, 2.45) is 0 Å². The number of fused-ring (bicyclic) bond motifs is 1. The highest BCUT2D eigenvalue weighted by Gasteiger charge is 2.23. The first-order chi connectivity index (χ1) is 10.2. The van der Waals surface area contributed by atoms with E-state index in [1.54, 1.807) is 18.5 Å². The summed E-state index contributed by atoms with van der Waals surface area (Å²) in [6.07, 6.45) is 4.19. The maximum absolute atomic E-state index is 12.2. The molecule has 0 bridgehead atoms. The van der Waals surface area contributed by atoms with Crippen LogP contribution in [0.4, 0.5) is 11.6 Å². The number of carbonyl (C=O) groups is 1. The van der Waals surface area contributed by atoms with Crippen molar-refractivity contribution < 1.29 is 9.53 Å². The Hall–Kier alpha value is -2.31. The number of esters is 1. The van der Waals surface area contributed by atoms with Crippen LogP contribution in [0.5, 0.6) is 0 Å². The minimum absolute atomic E-state index is 0.325. The van der Waals surface area contributed by atoms with Gasteiger partial charge >= 0.3 is 5.97 Å². The first-order valence-corrected chi connectivity index (χ1v) is 7.23. The average molecular weight is 289 g/mol. The molecule has 3 rings (SSSR count).